The summed E-state index contributed by atoms with van der Waals surface area (Å²) in [5, 5.41) is 3.03. The zero-order chi connectivity index (χ0) is 13.3. The Morgan fingerprint density at radius 1 is 1.00 bits per heavy atom. The van der Waals surface area contributed by atoms with Gasteiger partial charge in [-0.3, -0.25) is 8.74 Å². The number of fused-ring (bicyclic) bond motifs is 3. The van der Waals surface area contributed by atoms with Gasteiger partial charge in [0.1, 0.15) is 0 Å². The molecule has 0 aromatic heterocycles. The monoisotopic (exact) mass is 275 g/mol. The Morgan fingerprint density at radius 3 is 2.05 bits per heavy atom. The van der Waals surface area contributed by atoms with Gasteiger partial charge in [0.15, 0.2) is 0 Å². The Hall–Kier alpha value is -1.33. The summed E-state index contributed by atoms with van der Waals surface area (Å²) < 4.78 is 16.9. The molecule has 4 heteroatoms. The van der Waals surface area contributed by atoms with Crippen molar-refractivity contribution in [1.29, 1.82) is 0 Å². The van der Waals surface area contributed by atoms with Crippen LogP contribution in [0.4, 0.5) is 0 Å². The van der Waals surface area contributed by atoms with Gasteiger partial charge in [-0.15, -0.1) is 10.6 Å². The van der Waals surface area contributed by atoms with Gasteiger partial charge >= 0.3 is 0 Å². The van der Waals surface area contributed by atoms with Crippen LogP contribution in [0.15, 0.2) is 58.3 Å². The van der Waals surface area contributed by atoms with Crippen LogP contribution in [-0.4, -0.2) is 24.8 Å². The van der Waals surface area contributed by atoms with Crippen LogP contribution in [-0.2, 0) is 4.18 Å². The predicted molar refractivity (Wildman–Crippen MR) is 78.5 cm³/mol. The molecule has 0 saturated carbocycles. The molecule has 100 valence electrons. The second-order valence-electron chi connectivity index (χ2n) is 4.44. The molecule has 1 aliphatic heterocycles. The van der Waals surface area contributed by atoms with Crippen molar-refractivity contribution in [2.24, 2.45) is 0 Å². The zero-order valence-electron chi connectivity index (χ0n) is 10.8. The summed E-state index contributed by atoms with van der Waals surface area (Å²) in [6.45, 7) is 1.21. The van der Waals surface area contributed by atoms with E-state index in [0.717, 1.165) is 27.5 Å². The topological polar surface area (TPSA) is 41.5 Å². The number of rotatable bonds is 4. The van der Waals surface area contributed by atoms with Gasteiger partial charge in [0.25, 0.3) is 0 Å². The van der Waals surface area contributed by atoms with Gasteiger partial charge in [0.05, 0.1) is 16.4 Å². The van der Waals surface area contributed by atoms with E-state index in [-0.39, 0.29) is 0 Å². The van der Waals surface area contributed by atoms with Crippen molar-refractivity contribution in [2.45, 2.75) is 9.79 Å². The van der Waals surface area contributed by atoms with Crippen LogP contribution >= 0.6 is 10.6 Å². The Labute approximate surface area is 115 Å². The van der Waals surface area contributed by atoms with Crippen LogP contribution in [0.1, 0.15) is 0 Å². The summed E-state index contributed by atoms with van der Waals surface area (Å²) in [5.41, 5.74) is 2.17. The summed E-state index contributed by atoms with van der Waals surface area (Å²) in [6.07, 6.45) is 0. The number of hydrogen-bond acceptors (Lipinski definition) is 3. The maximum Gasteiger partial charge on any atom is 0.0847 e. The fourth-order valence-electron chi connectivity index (χ4n) is 2.37. The molecule has 0 bridgehead atoms. The normalized spacial score (nSPS) is 16.7. The van der Waals surface area contributed by atoms with Gasteiger partial charge in [-0.25, -0.2) is 0 Å². The first-order chi connectivity index (χ1) is 9.27. The van der Waals surface area contributed by atoms with Crippen LogP contribution < -0.4 is 5.32 Å². The SMILES string of the molecule is CNCCOS1(O)c2ccccc2-c2ccccc21. The average molecular weight is 275 g/mol. The summed E-state index contributed by atoms with van der Waals surface area (Å²) in [5.74, 6) is 0. The minimum Gasteiger partial charge on any atom is -0.317 e. The second-order valence-corrected chi connectivity index (χ2v) is 6.61. The second kappa shape index (κ2) is 4.98. The van der Waals surface area contributed by atoms with E-state index in [9.17, 15) is 4.55 Å². The van der Waals surface area contributed by atoms with Crippen molar-refractivity contribution < 1.29 is 8.74 Å². The lowest BCUT2D eigenvalue weighted by Gasteiger charge is -2.35. The van der Waals surface area contributed by atoms with E-state index < -0.39 is 10.6 Å². The molecule has 0 saturated heterocycles. The largest absolute Gasteiger partial charge is 0.317 e. The lowest BCUT2D eigenvalue weighted by atomic mass is 10.1. The lowest BCUT2D eigenvalue weighted by molar-refractivity contribution is 0.317. The third kappa shape index (κ3) is 1.97. The minimum atomic E-state index is -2.33. The van der Waals surface area contributed by atoms with E-state index in [4.69, 9.17) is 4.18 Å². The smallest absolute Gasteiger partial charge is 0.0847 e. The van der Waals surface area contributed by atoms with Gasteiger partial charge in [-0.1, -0.05) is 36.4 Å². The van der Waals surface area contributed by atoms with Crippen molar-refractivity contribution in [3.05, 3.63) is 48.5 Å². The molecule has 3 rings (SSSR count). The van der Waals surface area contributed by atoms with Crippen molar-refractivity contribution in [2.75, 3.05) is 20.2 Å². The molecular weight excluding hydrogens is 258 g/mol. The Bertz CT molecular complexity index is 555. The molecule has 0 aliphatic carbocycles. The summed E-state index contributed by atoms with van der Waals surface area (Å²) in [6, 6.07) is 15.9. The average Bonchev–Trinajstić information content (AvgIpc) is 2.71. The fourth-order valence-corrected chi connectivity index (χ4v) is 4.66. The van der Waals surface area contributed by atoms with Crippen LogP contribution in [0, 0.1) is 0 Å². The summed E-state index contributed by atoms with van der Waals surface area (Å²) in [4.78, 5) is 1.82. The first kappa shape index (κ1) is 12.7. The van der Waals surface area contributed by atoms with Gasteiger partial charge in [0, 0.05) is 17.7 Å². The van der Waals surface area contributed by atoms with Gasteiger partial charge < -0.3 is 5.32 Å². The molecule has 0 amide bonds. The molecule has 0 spiro atoms. The molecule has 1 aliphatic rings. The van der Waals surface area contributed by atoms with Crippen LogP contribution in [0.3, 0.4) is 0 Å². The molecule has 1 heterocycles. The van der Waals surface area contributed by atoms with Crippen molar-refractivity contribution in [3.63, 3.8) is 0 Å². The third-order valence-electron chi connectivity index (χ3n) is 3.27. The van der Waals surface area contributed by atoms with Gasteiger partial charge in [-0.05, 0) is 19.2 Å². The molecular formula is C15H17NO2S. The maximum atomic E-state index is 11.1. The molecule has 0 radical (unpaired) electrons. The molecule has 3 nitrogen and oxygen atoms in total. The molecule has 2 aromatic rings. The highest BCUT2D eigenvalue weighted by atomic mass is 32.3. The quantitative estimate of drug-likeness (QED) is 0.839. The number of benzene rings is 2. The van der Waals surface area contributed by atoms with E-state index in [2.05, 4.69) is 5.32 Å². The Kier molecular flexibility index (Phi) is 3.33. The predicted octanol–water partition coefficient (Wildman–Crippen LogP) is 3.51. The van der Waals surface area contributed by atoms with E-state index >= 15 is 0 Å². The zero-order valence-corrected chi connectivity index (χ0v) is 11.6. The van der Waals surface area contributed by atoms with Crippen molar-refractivity contribution >= 4 is 10.6 Å². The van der Waals surface area contributed by atoms with Gasteiger partial charge in [-0.2, -0.15) is 0 Å². The maximum absolute atomic E-state index is 11.1. The first-order valence-electron chi connectivity index (χ1n) is 6.30. The van der Waals surface area contributed by atoms with Crippen LogP contribution in [0.2, 0.25) is 0 Å². The first-order valence-corrected chi connectivity index (χ1v) is 7.82. The number of nitrogens with one attached hydrogen (secondary N) is 1. The summed E-state index contributed by atoms with van der Waals surface area (Å²) in [7, 11) is -0.460. The Morgan fingerprint density at radius 2 is 1.53 bits per heavy atom. The van der Waals surface area contributed by atoms with E-state index in [1.54, 1.807) is 0 Å². The van der Waals surface area contributed by atoms with E-state index in [0.29, 0.717) is 6.61 Å². The molecule has 2 N–H and O–H groups in total. The van der Waals surface area contributed by atoms with Crippen molar-refractivity contribution in [1.82, 2.24) is 5.32 Å². The number of likely N-dealkylation sites (N-methyl/N-ethyl adjacent to an activating group) is 1. The summed E-state index contributed by atoms with van der Waals surface area (Å²) >= 11 is 0. The molecule has 0 unspecified atom stereocenters. The highest BCUT2D eigenvalue weighted by molar-refractivity contribution is 8.25. The third-order valence-corrected chi connectivity index (χ3v) is 5.68. The highest BCUT2D eigenvalue weighted by Crippen LogP contribution is 2.69. The molecule has 0 atom stereocenters. The van der Waals surface area contributed by atoms with Gasteiger partial charge in [0.2, 0.25) is 0 Å². The number of hydrogen-bond donors (Lipinski definition) is 2. The Balaban J connectivity index is 2.09. The standard InChI is InChI=1S/C15H17NO2S/c1-16-10-11-18-19(17)14-8-4-2-6-12(14)13-7-3-5-9-15(13)19/h2-9,16-17H,10-11H2,1H3. The van der Waals surface area contributed by atoms with Crippen molar-refractivity contribution in [3.8, 4) is 11.1 Å². The molecule has 19 heavy (non-hydrogen) atoms. The fraction of sp³-hybridized carbons (Fsp3) is 0.200. The van der Waals surface area contributed by atoms with Crippen LogP contribution in [0.25, 0.3) is 11.1 Å². The minimum absolute atomic E-state index is 0.491. The lowest BCUT2D eigenvalue weighted by Crippen LogP contribution is -2.16. The van der Waals surface area contributed by atoms with Crippen LogP contribution in [0.5, 0.6) is 0 Å². The highest BCUT2D eigenvalue weighted by Gasteiger charge is 2.35. The van der Waals surface area contributed by atoms with E-state index in [1.165, 1.54) is 0 Å². The molecule has 0 fully saturated rings. The molecule has 2 aromatic carbocycles. The van der Waals surface area contributed by atoms with E-state index in [1.807, 2.05) is 55.6 Å².